The number of nitrogens with zero attached hydrogens (tertiary/aromatic N) is 2. The third-order valence-corrected chi connectivity index (χ3v) is 4.47. The van der Waals surface area contributed by atoms with Gasteiger partial charge in [-0.15, -0.1) is 0 Å². The number of nitrogens with one attached hydrogen (secondary N) is 2. The Bertz CT molecular complexity index is 663. The number of pyridine rings is 1. The molecule has 0 aromatic carbocycles. The number of halogens is 3. The van der Waals surface area contributed by atoms with Crippen LogP contribution in [0.25, 0.3) is 0 Å². The molecule has 0 spiro atoms. The lowest BCUT2D eigenvalue weighted by molar-refractivity contribution is -0.141. The first-order valence-electron chi connectivity index (χ1n) is 8.72. The van der Waals surface area contributed by atoms with E-state index in [2.05, 4.69) is 15.6 Å². The van der Waals surface area contributed by atoms with Crippen LogP contribution >= 0.6 is 0 Å². The predicted octanol–water partition coefficient (Wildman–Crippen LogP) is 1.88. The predicted molar refractivity (Wildman–Crippen MR) is 91.2 cm³/mol. The molecule has 0 bridgehead atoms. The van der Waals surface area contributed by atoms with Crippen molar-refractivity contribution in [2.45, 2.75) is 44.4 Å². The van der Waals surface area contributed by atoms with E-state index in [-0.39, 0.29) is 37.3 Å². The lowest BCUT2D eigenvalue weighted by Gasteiger charge is -2.42. The molecule has 2 rings (SSSR count). The molecule has 1 aliphatic carbocycles. The summed E-state index contributed by atoms with van der Waals surface area (Å²) in [5.74, 6) is -0.880. The second kappa shape index (κ2) is 9.03. The number of hydrogen-bond donors (Lipinski definition) is 3. The van der Waals surface area contributed by atoms with Gasteiger partial charge in [-0.1, -0.05) is 13.0 Å². The quantitative estimate of drug-likeness (QED) is 0.632. The summed E-state index contributed by atoms with van der Waals surface area (Å²) < 4.78 is 37.8. The first kappa shape index (κ1) is 20.9. The van der Waals surface area contributed by atoms with E-state index in [4.69, 9.17) is 5.11 Å². The largest absolute Gasteiger partial charge is 0.480 e. The van der Waals surface area contributed by atoms with Gasteiger partial charge in [-0.25, -0.2) is 9.78 Å². The average molecular weight is 388 g/mol. The normalized spacial score (nSPS) is 19.4. The van der Waals surface area contributed by atoms with Crippen LogP contribution in [-0.4, -0.2) is 58.7 Å². The van der Waals surface area contributed by atoms with Crippen molar-refractivity contribution in [3.8, 4) is 0 Å². The van der Waals surface area contributed by atoms with Crippen molar-refractivity contribution < 1.29 is 27.9 Å². The number of alkyl halides is 3. The summed E-state index contributed by atoms with van der Waals surface area (Å²) in [4.78, 5) is 28.0. The molecule has 1 aromatic rings. The zero-order valence-corrected chi connectivity index (χ0v) is 14.9. The van der Waals surface area contributed by atoms with Crippen molar-refractivity contribution in [2.75, 3.05) is 19.6 Å². The molecular weight excluding hydrogens is 365 g/mol. The lowest BCUT2D eigenvalue weighted by Crippen LogP contribution is -2.56. The monoisotopic (exact) mass is 388 g/mol. The maximum atomic E-state index is 12.6. The zero-order chi connectivity index (χ0) is 20.0. The number of likely N-dealkylation sites (N-methyl/N-ethyl adjacent to an activating group) is 1. The molecule has 1 heterocycles. The topological polar surface area (TPSA) is 94.6 Å². The first-order valence-corrected chi connectivity index (χ1v) is 8.72. The van der Waals surface area contributed by atoms with E-state index in [1.54, 1.807) is 0 Å². The van der Waals surface area contributed by atoms with Crippen LogP contribution in [0.15, 0.2) is 18.2 Å². The summed E-state index contributed by atoms with van der Waals surface area (Å²) in [5.41, 5.74) is -0.701. The maximum absolute atomic E-state index is 12.6. The zero-order valence-electron chi connectivity index (χ0n) is 14.9. The highest BCUT2D eigenvalue weighted by atomic mass is 19.4. The van der Waals surface area contributed by atoms with Gasteiger partial charge in [0.2, 0.25) is 0 Å². The Hall–Kier alpha value is -2.36. The number of hydrogen-bond acceptors (Lipinski definition) is 4. The highest BCUT2D eigenvalue weighted by Crippen LogP contribution is 2.27. The van der Waals surface area contributed by atoms with Crippen LogP contribution in [0.4, 0.5) is 18.0 Å². The number of carboxylic acid groups (broad SMARTS) is 1. The Balaban J connectivity index is 1.69. The van der Waals surface area contributed by atoms with E-state index >= 15 is 0 Å². The molecule has 3 N–H and O–H groups in total. The molecule has 0 saturated heterocycles. The van der Waals surface area contributed by atoms with Crippen LogP contribution in [0.3, 0.4) is 0 Å². The highest BCUT2D eigenvalue weighted by molar-refractivity contribution is 5.74. The van der Waals surface area contributed by atoms with Gasteiger partial charge in [0, 0.05) is 30.7 Å². The molecule has 0 atom stereocenters. The van der Waals surface area contributed by atoms with Gasteiger partial charge < -0.3 is 15.7 Å². The SMILES string of the molecule is CCN(CC(=O)O)C1CC(NC(=O)NCCc2cccc(C(F)(F)F)n2)C1. The van der Waals surface area contributed by atoms with Crippen molar-refractivity contribution >= 4 is 12.0 Å². The van der Waals surface area contributed by atoms with Crippen LogP contribution in [0, 0.1) is 0 Å². The van der Waals surface area contributed by atoms with E-state index < -0.39 is 23.9 Å². The smallest absolute Gasteiger partial charge is 0.433 e. The van der Waals surface area contributed by atoms with Crippen molar-refractivity contribution in [3.63, 3.8) is 0 Å². The third-order valence-electron chi connectivity index (χ3n) is 4.47. The van der Waals surface area contributed by atoms with Crippen molar-refractivity contribution in [3.05, 3.63) is 29.6 Å². The van der Waals surface area contributed by atoms with Gasteiger partial charge in [-0.3, -0.25) is 9.69 Å². The molecule has 0 aliphatic heterocycles. The minimum absolute atomic E-state index is 0.0237. The molecule has 7 nitrogen and oxygen atoms in total. The Morgan fingerprint density at radius 2 is 2.04 bits per heavy atom. The van der Waals surface area contributed by atoms with Gasteiger partial charge in [0.25, 0.3) is 0 Å². The molecule has 27 heavy (non-hydrogen) atoms. The molecule has 0 unspecified atom stereocenters. The van der Waals surface area contributed by atoms with Gasteiger partial charge in [-0.2, -0.15) is 13.2 Å². The van der Waals surface area contributed by atoms with Crippen LogP contribution in [0.5, 0.6) is 0 Å². The fraction of sp³-hybridized carbons (Fsp3) is 0.588. The van der Waals surface area contributed by atoms with Gasteiger partial charge in [0.15, 0.2) is 0 Å². The first-order chi connectivity index (χ1) is 12.7. The number of carbonyl (C=O) groups is 2. The van der Waals surface area contributed by atoms with Crippen LogP contribution in [0.1, 0.15) is 31.2 Å². The number of urea groups is 1. The summed E-state index contributed by atoms with van der Waals surface area (Å²) in [7, 11) is 0. The van der Waals surface area contributed by atoms with E-state index in [0.717, 1.165) is 6.07 Å². The molecule has 1 saturated carbocycles. The van der Waals surface area contributed by atoms with Gasteiger partial charge in [0.1, 0.15) is 5.69 Å². The molecule has 0 radical (unpaired) electrons. The van der Waals surface area contributed by atoms with Crippen LogP contribution in [0.2, 0.25) is 0 Å². The molecule has 1 aromatic heterocycles. The second-order valence-corrected chi connectivity index (χ2v) is 6.44. The fourth-order valence-corrected chi connectivity index (χ4v) is 2.99. The molecule has 2 amide bonds. The maximum Gasteiger partial charge on any atom is 0.433 e. The van der Waals surface area contributed by atoms with E-state index in [1.165, 1.54) is 12.1 Å². The molecule has 150 valence electrons. The number of amides is 2. The summed E-state index contributed by atoms with van der Waals surface area (Å²) in [6.45, 7) is 2.65. The van der Waals surface area contributed by atoms with E-state index in [0.29, 0.717) is 19.4 Å². The highest BCUT2D eigenvalue weighted by Gasteiger charge is 2.34. The van der Waals surface area contributed by atoms with Crippen LogP contribution < -0.4 is 10.6 Å². The Morgan fingerprint density at radius 3 is 2.63 bits per heavy atom. The minimum atomic E-state index is -4.49. The van der Waals surface area contributed by atoms with Crippen molar-refractivity contribution in [1.82, 2.24) is 20.5 Å². The van der Waals surface area contributed by atoms with Gasteiger partial charge in [0.05, 0.1) is 6.54 Å². The summed E-state index contributed by atoms with van der Waals surface area (Å²) in [6.07, 6.45) is -2.96. The average Bonchev–Trinajstić information content (AvgIpc) is 2.55. The van der Waals surface area contributed by atoms with Crippen molar-refractivity contribution in [2.24, 2.45) is 0 Å². The number of carbonyl (C=O) groups excluding carboxylic acids is 1. The van der Waals surface area contributed by atoms with E-state index in [1.807, 2.05) is 11.8 Å². The number of carboxylic acids is 1. The van der Waals surface area contributed by atoms with Gasteiger partial charge >= 0.3 is 18.2 Å². The standard InChI is InChI=1S/C17H23F3N4O3/c1-2-24(10-15(25)26)13-8-12(9-13)23-16(27)21-7-6-11-4-3-5-14(22-11)17(18,19)20/h3-5,12-13H,2,6-10H2,1H3,(H,25,26)(H2,21,23,27). The van der Waals surface area contributed by atoms with E-state index in [9.17, 15) is 22.8 Å². The molecule has 10 heteroatoms. The Labute approximate surface area is 154 Å². The second-order valence-electron chi connectivity index (χ2n) is 6.44. The Morgan fingerprint density at radius 1 is 1.33 bits per heavy atom. The molecule has 1 aliphatic rings. The summed E-state index contributed by atoms with van der Waals surface area (Å²) in [6, 6.07) is 3.37. The fourth-order valence-electron chi connectivity index (χ4n) is 2.99. The molecule has 1 fully saturated rings. The number of aromatic nitrogens is 1. The molecular formula is C17H23F3N4O3. The minimum Gasteiger partial charge on any atom is -0.480 e. The van der Waals surface area contributed by atoms with Crippen LogP contribution in [-0.2, 0) is 17.4 Å². The summed E-state index contributed by atoms with van der Waals surface area (Å²) >= 11 is 0. The Kier molecular flexibility index (Phi) is 7.00. The van der Waals surface area contributed by atoms with Crippen molar-refractivity contribution in [1.29, 1.82) is 0 Å². The summed E-state index contributed by atoms with van der Waals surface area (Å²) in [5, 5.41) is 14.2. The number of rotatable bonds is 8. The number of aliphatic carboxylic acids is 1. The van der Waals surface area contributed by atoms with Gasteiger partial charge in [-0.05, 0) is 31.5 Å². The lowest BCUT2D eigenvalue weighted by atomic mass is 9.85. The third kappa shape index (κ3) is 6.38.